The molecule has 0 saturated carbocycles. The molecule has 10 heteroatoms. The molecule has 0 fully saturated rings. The van der Waals surface area contributed by atoms with Gasteiger partial charge in [0.05, 0.1) is 6.54 Å². The van der Waals surface area contributed by atoms with Crippen LogP contribution in [0, 0.1) is 5.82 Å². The third kappa shape index (κ3) is 5.26. The van der Waals surface area contributed by atoms with Crippen LogP contribution in [0.3, 0.4) is 0 Å². The van der Waals surface area contributed by atoms with E-state index in [9.17, 15) is 19.1 Å². The molecule has 0 radical (unpaired) electrons. The van der Waals surface area contributed by atoms with Crippen molar-refractivity contribution in [1.29, 1.82) is 0 Å². The number of aromatic nitrogens is 2. The van der Waals surface area contributed by atoms with E-state index in [4.69, 9.17) is 16.2 Å². The van der Waals surface area contributed by atoms with Crippen molar-refractivity contribution >= 4 is 17.6 Å². The number of halogens is 1. The summed E-state index contributed by atoms with van der Waals surface area (Å²) in [6.07, 6.45) is -1.43. The van der Waals surface area contributed by atoms with Crippen molar-refractivity contribution in [2.24, 2.45) is 11.5 Å². The van der Waals surface area contributed by atoms with E-state index in [0.29, 0.717) is 17.1 Å². The van der Waals surface area contributed by atoms with Crippen molar-refractivity contribution in [1.82, 2.24) is 9.97 Å². The summed E-state index contributed by atoms with van der Waals surface area (Å²) in [6.45, 7) is -0.200. The van der Waals surface area contributed by atoms with Gasteiger partial charge in [-0.05, 0) is 48.5 Å². The summed E-state index contributed by atoms with van der Waals surface area (Å²) in [5.41, 5.74) is 10.8. The Bertz CT molecular complexity index is 1060. The molecule has 2 amide bonds. The first-order valence-corrected chi connectivity index (χ1v) is 8.76. The van der Waals surface area contributed by atoms with E-state index in [1.807, 2.05) is 0 Å². The topological polar surface area (TPSA) is 153 Å². The molecule has 0 spiro atoms. The van der Waals surface area contributed by atoms with Crippen molar-refractivity contribution in [2.75, 3.05) is 11.9 Å². The van der Waals surface area contributed by atoms with Crippen molar-refractivity contribution < 1.29 is 23.8 Å². The van der Waals surface area contributed by atoms with Crippen LogP contribution in [0.25, 0.3) is 11.4 Å². The molecule has 1 heterocycles. The fourth-order valence-electron chi connectivity index (χ4n) is 2.41. The number of anilines is 1. The molecule has 0 aliphatic carbocycles. The molecule has 0 saturated heterocycles. The van der Waals surface area contributed by atoms with Gasteiger partial charge in [-0.25, -0.2) is 14.4 Å². The Kier molecular flexibility index (Phi) is 6.18. The lowest BCUT2D eigenvalue weighted by molar-refractivity contribution is -0.125. The lowest BCUT2D eigenvalue weighted by atomic mass is 10.2. The number of rotatable bonds is 8. The zero-order valence-electron chi connectivity index (χ0n) is 15.6. The van der Waals surface area contributed by atoms with Crippen molar-refractivity contribution in [3.05, 3.63) is 66.1 Å². The molecule has 0 aliphatic rings. The van der Waals surface area contributed by atoms with Crippen LogP contribution < -0.4 is 21.5 Å². The number of aliphatic hydroxyl groups excluding tert-OH is 1. The number of aliphatic hydroxyl groups is 1. The first-order chi connectivity index (χ1) is 14.3. The van der Waals surface area contributed by atoms with Crippen molar-refractivity contribution in [2.45, 2.75) is 6.10 Å². The second kappa shape index (κ2) is 8.97. The van der Waals surface area contributed by atoms with Gasteiger partial charge in [-0.3, -0.25) is 9.59 Å². The Morgan fingerprint density at radius 1 is 1.03 bits per heavy atom. The number of nitrogens with two attached hydrogens (primary N) is 2. The first kappa shape index (κ1) is 20.7. The Balaban J connectivity index is 1.81. The minimum atomic E-state index is -1.43. The van der Waals surface area contributed by atoms with E-state index >= 15 is 0 Å². The molecule has 30 heavy (non-hydrogen) atoms. The minimum absolute atomic E-state index is 0.0531. The highest BCUT2D eigenvalue weighted by molar-refractivity contribution is 5.92. The second-order valence-electron chi connectivity index (χ2n) is 6.21. The number of benzene rings is 2. The largest absolute Gasteiger partial charge is 0.457 e. The lowest BCUT2D eigenvalue weighted by Crippen LogP contribution is -2.34. The van der Waals surface area contributed by atoms with Crippen LogP contribution in [-0.4, -0.2) is 39.5 Å². The van der Waals surface area contributed by atoms with Crippen LogP contribution in [-0.2, 0) is 4.79 Å². The summed E-state index contributed by atoms with van der Waals surface area (Å²) in [5.74, 6) is -0.694. The molecule has 0 bridgehead atoms. The van der Waals surface area contributed by atoms with E-state index in [1.54, 1.807) is 24.3 Å². The molecule has 1 unspecified atom stereocenters. The fourth-order valence-corrected chi connectivity index (χ4v) is 2.41. The van der Waals surface area contributed by atoms with Crippen LogP contribution in [0.15, 0.2) is 54.6 Å². The van der Waals surface area contributed by atoms with Gasteiger partial charge in [-0.1, -0.05) is 0 Å². The van der Waals surface area contributed by atoms with E-state index < -0.39 is 17.9 Å². The third-order valence-electron chi connectivity index (χ3n) is 3.95. The molecule has 154 valence electrons. The van der Waals surface area contributed by atoms with Crippen LogP contribution in [0.4, 0.5) is 10.2 Å². The van der Waals surface area contributed by atoms with Gasteiger partial charge in [0.2, 0.25) is 5.91 Å². The lowest BCUT2D eigenvalue weighted by Gasteiger charge is -2.11. The number of amides is 2. The summed E-state index contributed by atoms with van der Waals surface area (Å²) in [5, 5.41) is 12.2. The fraction of sp³-hybridized carbons (Fsp3) is 0.100. The number of hydrogen-bond acceptors (Lipinski definition) is 7. The number of ether oxygens (including phenoxy) is 1. The molecular formula is C20H18FN5O4. The van der Waals surface area contributed by atoms with E-state index in [1.165, 1.54) is 30.3 Å². The Hall–Kier alpha value is -4.05. The van der Waals surface area contributed by atoms with Gasteiger partial charge in [0.15, 0.2) is 5.82 Å². The molecule has 3 rings (SSSR count). The quantitative estimate of drug-likeness (QED) is 0.437. The highest BCUT2D eigenvalue weighted by atomic mass is 19.1. The molecule has 9 nitrogen and oxygen atoms in total. The average Bonchev–Trinajstić information content (AvgIpc) is 2.74. The normalized spacial score (nSPS) is 11.5. The van der Waals surface area contributed by atoms with Crippen molar-refractivity contribution in [3.8, 4) is 22.9 Å². The van der Waals surface area contributed by atoms with Gasteiger partial charge in [-0.15, -0.1) is 0 Å². The first-order valence-electron chi connectivity index (χ1n) is 8.76. The average molecular weight is 411 g/mol. The zero-order valence-corrected chi connectivity index (χ0v) is 15.6. The summed E-state index contributed by atoms with van der Waals surface area (Å²) < 4.78 is 18.6. The Morgan fingerprint density at radius 2 is 1.63 bits per heavy atom. The molecule has 6 N–H and O–H groups in total. The van der Waals surface area contributed by atoms with Gasteiger partial charge in [0.25, 0.3) is 5.91 Å². The number of nitrogens with zero attached hydrogens (tertiary/aromatic N) is 2. The molecule has 1 atom stereocenters. The highest BCUT2D eigenvalue weighted by Gasteiger charge is 2.14. The maximum atomic E-state index is 13.0. The summed E-state index contributed by atoms with van der Waals surface area (Å²) >= 11 is 0. The number of nitrogens with one attached hydrogen (secondary N) is 1. The van der Waals surface area contributed by atoms with E-state index in [0.717, 1.165) is 0 Å². The van der Waals surface area contributed by atoms with Gasteiger partial charge >= 0.3 is 0 Å². The van der Waals surface area contributed by atoms with Gasteiger partial charge in [0.1, 0.15) is 34.9 Å². The Labute approximate surface area is 170 Å². The number of primary amides is 2. The van der Waals surface area contributed by atoms with Gasteiger partial charge in [0, 0.05) is 11.6 Å². The predicted molar refractivity (Wildman–Crippen MR) is 106 cm³/mol. The maximum Gasteiger partial charge on any atom is 0.267 e. The minimum Gasteiger partial charge on any atom is -0.457 e. The zero-order chi connectivity index (χ0) is 21.7. The molecular weight excluding hydrogens is 393 g/mol. The predicted octanol–water partition coefficient (Wildman–Crippen LogP) is 1.43. The number of carbonyl (C=O) groups excluding carboxylic acids is 2. The number of carbonyl (C=O) groups is 2. The standard InChI is InChI=1S/C20H18FN5O4/c21-12-3-7-14(8-4-12)30-13-5-1-11(2-6-13)20-25-15(18(22)28)9-17(26-20)24-10-16(27)19(23)29/h1-9,16,27H,10H2,(H2,22,28)(H2,23,29)(H,24,25,26). The summed E-state index contributed by atoms with van der Waals surface area (Å²) in [4.78, 5) is 30.9. The van der Waals surface area contributed by atoms with Crippen LogP contribution in [0.2, 0.25) is 0 Å². The third-order valence-corrected chi connectivity index (χ3v) is 3.95. The summed E-state index contributed by atoms with van der Waals surface area (Å²) in [6, 6.07) is 13.5. The molecule has 3 aromatic rings. The molecule has 0 aliphatic heterocycles. The summed E-state index contributed by atoms with van der Waals surface area (Å²) in [7, 11) is 0. The van der Waals surface area contributed by atoms with Crippen LogP contribution in [0.1, 0.15) is 10.5 Å². The van der Waals surface area contributed by atoms with Gasteiger partial charge < -0.3 is 26.6 Å². The van der Waals surface area contributed by atoms with Crippen LogP contribution >= 0.6 is 0 Å². The molecule has 2 aromatic carbocycles. The van der Waals surface area contributed by atoms with E-state index in [-0.39, 0.29) is 29.7 Å². The highest BCUT2D eigenvalue weighted by Crippen LogP contribution is 2.25. The van der Waals surface area contributed by atoms with Gasteiger partial charge in [-0.2, -0.15) is 0 Å². The smallest absolute Gasteiger partial charge is 0.267 e. The monoisotopic (exact) mass is 411 g/mol. The maximum absolute atomic E-state index is 13.0. The second-order valence-corrected chi connectivity index (χ2v) is 6.21. The molecule has 1 aromatic heterocycles. The Morgan fingerprint density at radius 3 is 2.20 bits per heavy atom. The van der Waals surface area contributed by atoms with Crippen molar-refractivity contribution in [3.63, 3.8) is 0 Å². The van der Waals surface area contributed by atoms with E-state index in [2.05, 4.69) is 15.3 Å². The van der Waals surface area contributed by atoms with Crippen LogP contribution in [0.5, 0.6) is 11.5 Å². The SMILES string of the molecule is NC(=O)c1cc(NCC(O)C(N)=O)nc(-c2ccc(Oc3ccc(F)cc3)cc2)n1. The number of hydrogen-bond donors (Lipinski definition) is 4.